The van der Waals surface area contributed by atoms with Crippen molar-refractivity contribution in [1.29, 1.82) is 0 Å². The van der Waals surface area contributed by atoms with Crippen LogP contribution in [0, 0.1) is 3.57 Å². The van der Waals surface area contributed by atoms with Crippen LogP contribution in [-0.2, 0) is 0 Å². The maximum atomic E-state index is 6.01. The van der Waals surface area contributed by atoms with Crippen LogP contribution in [0.5, 0.6) is 0 Å². The third kappa shape index (κ3) is 3.95. The lowest BCUT2D eigenvalue weighted by Gasteiger charge is -2.03. The Morgan fingerprint density at radius 2 is 1.69 bits per heavy atom. The number of aromatic nitrogens is 3. The molecule has 0 spiro atoms. The van der Waals surface area contributed by atoms with Crippen LogP contribution < -0.4 is 0 Å². The van der Waals surface area contributed by atoms with E-state index in [9.17, 15) is 0 Å². The molecule has 0 aliphatic heterocycles. The molecule has 3 nitrogen and oxygen atoms in total. The van der Waals surface area contributed by atoms with Gasteiger partial charge in [-0.3, -0.25) is 0 Å². The van der Waals surface area contributed by atoms with Gasteiger partial charge in [-0.05, 0) is 71.1 Å². The molecule has 4 aromatic rings. The van der Waals surface area contributed by atoms with Gasteiger partial charge in [0.15, 0.2) is 5.82 Å². The molecule has 0 bridgehead atoms. The molecule has 6 heteroatoms. The van der Waals surface area contributed by atoms with Gasteiger partial charge in [-0.15, -0.1) is 0 Å². The van der Waals surface area contributed by atoms with Crippen LogP contribution in [0.4, 0.5) is 0 Å². The fourth-order valence-corrected chi connectivity index (χ4v) is 3.90. The van der Waals surface area contributed by atoms with E-state index in [1.165, 1.54) is 3.57 Å². The summed E-state index contributed by atoms with van der Waals surface area (Å²) in [5, 5.41) is 5.53. The molecule has 0 fully saturated rings. The quantitative estimate of drug-likeness (QED) is 0.313. The minimum atomic E-state index is 0.733. The third-order valence-corrected chi connectivity index (χ3v) is 5.72. The van der Waals surface area contributed by atoms with E-state index in [-0.39, 0.29) is 0 Å². The predicted octanol–water partition coefficient (Wildman–Crippen LogP) is 6.34. The van der Waals surface area contributed by atoms with Crippen molar-refractivity contribution in [2.75, 3.05) is 0 Å². The molecule has 0 saturated carbocycles. The Bertz CT molecular complexity index is 1020. The topological polar surface area (TPSA) is 30.7 Å². The summed E-state index contributed by atoms with van der Waals surface area (Å²) in [6.07, 6.45) is 3.79. The van der Waals surface area contributed by atoms with Crippen LogP contribution in [0.15, 0.2) is 88.9 Å². The van der Waals surface area contributed by atoms with Crippen molar-refractivity contribution in [2.45, 2.75) is 9.79 Å². The molecular formula is C20H13ClIN3S. The number of benzene rings is 2. The first-order valence-corrected chi connectivity index (χ1v) is 10.2. The van der Waals surface area contributed by atoms with Crippen LogP contribution in [0.3, 0.4) is 0 Å². The standard InChI is InChI=1S/C20H13ClIN3S/c21-15-6-10-17(11-7-15)26-18-13-25(19-3-1-2-12-23-19)24-20(18)14-4-8-16(22)9-5-14/h1-13H. The smallest absolute Gasteiger partial charge is 0.153 e. The predicted molar refractivity (Wildman–Crippen MR) is 115 cm³/mol. The third-order valence-electron chi connectivity index (χ3n) is 3.72. The summed E-state index contributed by atoms with van der Waals surface area (Å²) in [7, 11) is 0. The highest BCUT2D eigenvalue weighted by Gasteiger charge is 2.14. The van der Waals surface area contributed by atoms with Gasteiger partial charge in [0.25, 0.3) is 0 Å². The van der Waals surface area contributed by atoms with Crippen LogP contribution in [-0.4, -0.2) is 14.8 Å². The highest BCUT2D eigenvalue weighted by atomic mass is 127. The van der Waals surface area contributed by atoms with Crippen LogP contribution in [0.25, 0.3) is 17.1 Å². The number of pyridine rings is 1. The highest BCUT2D eigenvalue weighted by Crippen LogP contribution is 2.36. The zero-order valence-electron chi connectivity index (χ0n) is 13.5. The number of nitrogens with zero attached hydrogens (tertiary/aromatic N) is 3. The molecule has 0 unspecified atom stereocenters. The SMILES string of the molecule is Clc1ccc(Sc2cn(-c3ccccn3)nc2-c2ccc(I)cc2)cc1. The molecule has 128 valence electrons. The summed E-state index contributed by atoms with van der Waals surface area (Å²) in [5.74, 6) is 0.794. The number of hydrogen-bond acceptors (Lipinski definition) is 3. The van der Waals surface area contributed by atoms with Crippen molar-refractivity contribution >= 4 is 46.0 Å². The Labute approximate surface area is 174 Å². The molecule has 2 aromatic heterocycles. The molecule has 2 heterocycles. The molecule has 0 atom stereocenters. The minimum absolute atomic E-state index is 0.733. The first-order valence-electron chi connectivity index (χ1n) is 7.89. The van der Waals surface area contributed by atoms with Crippen LogP contribution >= 0.6 is 46.0 Å². The molecular weight excluding hydrogens is 477 g/mol. The molecule has 0 saturated heterocycles. The van der Waals surface area contributed by atoms with E-state index in [1.807, 2.05) is 53.3 Å². The molecule has 4 rings (SSSR count). The van der Waals surface area contributed by atoms with Crippen LogP contribution in [0.1, 0.15) is 0 Å². The molecule has 0 aliphatic rings. The molecule has 0 radical (unpaired) electrons. The average molecular weight is 490 g/mol. The van der Waals surface area contributed by atoms with Gasteiger partial charge >= 0.3 is 0 Å². The van der Waals surface area contributed by atoms with Gasteiger partial charge in [-0.1, -0.05) is 41.6 Å². The van der Waals surface area contributed by atoms with Crippen molar-refractivity contribution in [1.82, 2.24) is 14.8 Å². The second-order valence-electron chi connectivity index (χ2n) is 5.54. The highest BCUT2D eigenvalue weighted by molar-refractivity contribution is 14.1. The Kier molecular flexibility index (Phi) is 5.28. The maximum absolute atomic E-state index is 6.01. The average Bonchev–Trinajstić information content (AvgIpc) is 3.09. The number of halogens is 2. The van der Waals surface area contributed by atoms with Crippen LogP contribution in [0.2, 0.25) is 5.02 Å². The Morgan fingerprint density at radius 1 is 0.923 bits per heavy atom. The number of hydrogen-bond donors (Lipinski definition) is 0. The van der Waals surface area contributed by atoms with Crippen molar-refractivity contribution in [3.8, 4) is 17.1 Å². The summed E-state index contributed by atoms with van der Waals surface area (Å²) in [6.45, 7) is 0. The van der Waals surface area contributed by atoms with Crippen molar-refractivity contribution in [2.24, 2.45) is 0 Å². The first-order chi connectivity index (χ1) is 12.7. The zero-order chi connectivity index (χ0) is 17.9. The van der Waals surface area contributed by atoms with E-state index in [4.69, 9.17) is 16.7 Å². The minimum Gasteiger partial charge on any atom is -0.237 e. The summed E-state index contributed by atoms with van der Waals surface area (Å²) in [4.78, 5) is 6.58. The molecule has 26 heavy (non-hydrogen) atoms. The summed E-state index contributed by atoms with van der Waals surface area (Å²) in [6, 6.07) is 22.0. The zero-order valence-corrected chi connectivity index (χ0v) is 17.2. The van der Waals surface area contributed by atoms with Crippen molar-refractivity contribution < 1.29 is 0 Å². The second kappa shape index (κ2) is 7.82. The molecule has 0 aliphatic carbocycles. The van der Waals surface area contributed by atoms with E-state index in [1.54, 1.807) is 18.0 Å². The van der Waals surface area contributed by atoms with E-state index < -0.39 is 0 Å². The van der Waals surface area contributed by atoms with Crippen molar-refractivity contribution in [3.05, 3.63) is 87.7 Å². The number of rotatable bonds is 4. The van der Waals surface area contributed by atoms with Crippen molar-refractivity contribution in [3.63, 3.8) is 0 Å². The lowest BCUT2D eigenvalue weighted by atomic mass is 10.2. The van der Waals surface area contributed by atoms with E-state index in [2.05, 4.69) is 51.8 Å². The fraction of sp³-hybridized carbons (Fsp3) is 0. The summed E-state index contributed by atoms with van der Waals surface area (Å²) >= 11 is 9.98. The lowest BCUT2D eigenvalue weighted by Crippen LogP contribution is -1.97. The van der Waals surface area contributed by atoms with E-state index in [0.29, 0.717) is 0 Å². The molecule has 2 aromatic carbocycles. The van der Waals surface area contributed by atoms with E-state index in [0.717, 1.165) is 31.9 Å². The van der Waals surface area contributed by atoms with Gasteiger partial charge < -0.3 is 0 Å². The normalized spacial score (nSPS) is 10.8. The first kappa shape index (κ1) is 17.6. The Hall–Kier alpha value is -1.83. The molecule has 0 N–H and O–H groups in total. The maximum Gasteiger partial charge on any atom is 0.153 e. The summed E-state index contributed by atoms with van der Waals surface area (Å²) in [5.41, 5.74) is 2.02. The Morgan fingerprint density at radius 3 is 2.38 bits per heavy atom. The lowest BCUT2D eigenvalue weighted by molar-refractivity contribution is 0.849. The largest absolute Gasteiger partial charge is 0.237 e. The van der Waals surface area contributed by atoms with Gasteiger partial charge in [-0.2, -0.15) is 5.10 Å². The van der Waals surface area contributed by atoms with E-state index >= 15 is 0 Å². The monoisotopic (exact) mass is 489 g/mol. The van der Waals surface area contributed by atoms with Gasteiger partial charge in [-0.25, -0.2) is 9.67 Å². The summed E-state index contributed by atoms with van der Waals surface area (Å²) < 4.78 is 3.02. The second-order valence-corrected chi connectivity index (χ2v) is 8.33. The fourth-order valence-electron chi connectivity index (χ4n) is 2.48. The van der Waals surface area contributed by atoms with Gasteiger partial charge in [0.1, 0.15) is 5.69 Å². The van der Waals surface area contributed by atoms with Gasteiger partial charge in [0, 0.05) is 31.4 Å². The van der Waals surface area contributed by atoms with Gasteiger partial charge in [0.05, 0.1) is 4.90 Å². The van der Waals surface area contributed by atoms with Gasteiger partial charge in [0.2, 0.25) is 0 Å². The molecule has 0 amide bonds. The Balaban J connectivity index is 1.78.